The summed E-state index contributed by atoms with van der Waals surface area (Å²) in [4.78, 5) is 11.0. The van der Waals surface area contributed by atoms with Gasteiger partial charge in [0.1, 0.15) is 30.0 Å². The monoisotopic (exact) mass is 333 g/mol. The number of nitrogens with one attached hydrogen (secondary N) is 1. The molecule has 1 saturated heterocycles. The minimum absolute atomic E-state index is 0.00816. The van der Waals surface area contributed by atoms with E-state index in [0.717, 1.165) is 0 Å². The van der Waals surface area contributed by atoms with Crippen molar-refractivity contribution in [1.29, 1.82) is 0 Å². The highest BCUT2D eigenvalue weighted by Crippen LogP contribution is 2.30. The maximum atomic E-state index is 14.3. The van der Waals surface area contributed by atoms with Crippen molar-refractivity contribution in [3.63, 3.8) is 0 Å². The van der Waals surface area contributed by atoms with Crippen LogP contribution in [0.5, 0.6) is 5.75 Å². The van der Waals surface area contributed by atoms with Gasteiger partial charge in [0, 0.05) is 23.2 Å². The van der Waals surface area contributed by atoms with Gasteiger partial charge in [-0.1, -0.05) is 24.3 Å². The van der Waals surface area contributed by atoms with Crippen molar-refractivity contribution < 1.29 is 23.4 Å². The summed E-state index contributed by atoms with van der Waals surface area (Å²) < 4.78 is 33.3. The first-order valence-corrected chi connectivity index (χ1v) is 7.69. The van der Waals surface area contributed by atoms with Gasteiger partial charge in [-0.15, -0.1) is 0 Å². The Morgan fingerprint density at radius 2 is 1.96 bits per heavy atom. The summed E-state index contributed by atoms with van der Waals surface area (Å²) in [6.45, 7) is 0.00816. The predicted molar refractivity (Wildman–Crippen MR) is 83.7 cm³/mol. The molecule has 2 atom stereocenters. The standard InChI is InChI=1S/C18H17F2NO3/c19-14-4-2-1-3-11(14)10-24-12-5-6-13(15(20)9-12)16-7-8-17(21-16)18(22)23/h1-6,9,16-17,21H,7-8,10H2,(H,22,23)/t16-,17+/m1/s1. The molecule has 6 heteroatoms. The minimum atomic E-state index is -0.928. The maximum absolute atomic E-state index is 14.3. The molecule has 0 unspecified atom stereocenters. The van der Waals surface area contributed by atoms with E-state index in [2.05, 4.69) is 5.32 Å². The van der Waals surface area contributed by atoms with Crippen molar-refractivity contribution in [2.75, 3.05) is 0 Å². The molecule has 0 aliphatic carbocycles. The molecule has 1 fully saturated rings. The Balaban J connectivity index is 1.67. The van der Waals surface area contributed by atoms with E-state index in [1.807, 2.05) is 0 Å². The van der Waals surface area contributed by atoms with Crippen LogP contribution in [0.4, 0.5) is 8.78 Å². The highest BCUT2D eigenvalue weighted by Gasteiger charge is 2.31. The Hall–Kier alpha value is -2.47. The topological polar surface area (TPSA) is 58.6 Å². The lowest BCUT2D eigenvalue weighted by Gasteiger charge is -2.14. The van der Waals surface area contributed by atoms with Crippen molar-refractivity contribution in [1.82, 2.24) is 5.32 Å². The summed E-state index contributed by atoms with van der Waals surface area (Å²) in [5, 5.41) is 11.9. The number of carbonyl (C=O) groups is 1. The zero-order valence-corrected chi connectivity index (χ0v) is 12.8. The van der Waals surface area contributed by atoms with Gasteiger partial charge < -0.3 is 9.84 Å². The molecule has 3 rings (SSSR count). The number of carboxylic acid groups (broad SMARTS) is 1. The third-order valence-electron chi connectivity index (χ3n) is 4.14. The molecule has 1 aliphatic heterocycles. The Morgan fingerprint density at radius 1 is 1.17 bits per heavy atom. The van der Waals surface area contributed by atoms with E-state index >= 15 is 0 Å². The fourth-order valence-electron chi connectivity index (χ4n) is 2.84. The van der Waals surface area contributed by atoms with Crippen LogP contribution in [-0.4, -0.2) is 17.1 Å². The van der Waals surface area contributed by atoms with E-state index in [9.17, 15) is 13.6 Å². The highest BCUT2D eigenvalue weighted by molar-refractivity contribution is 5.74. The van der Waals surface area contributed by atoms with E-state index < -0.39 is 17.8 Å². The third-order valence-corrected chi connectivity index (χ3v) is 4.14. The van der Waals surface area contributed by atoms with Gasteiger partial charge in [0.2, 0.25) is 0 Å². The SMILES string of the molecule is O=C(O)[C@@H]1CC[C@H](c2ccc(OCc3ccccc3F)cc2F)N1. The number of rotatable bonds is 5. The highest BCUT2D eigenvalue weighted by atomic mass is 19.1. The summed E-state index contributed by atoms with van der Waals surface area (Å²) in [6, 6.07) is 9.69. The molecule has 2 aromatic carbocycles. The first-order chi connectivity index (χ1) is 11.5. The predicted octanol–water partition coefficient (Wildman–Crippen LogP) is 3.42. The third kappa shape index (κ3) is 3.54. The van der Waals surface area contributed by atoms with Crippen molar-refractivity contribution in [2.24, 2.45) is 0 Å². The smallest absolute Gasteiger partial charge is 0.320 e. The second-order valence-corrected chi connectivity index (χ2v) is 5.75. The number of benzene rings is 2. The lowest BCUT2D eigenvalue weighted by molar-refractivity contribution is -0.139. The van der Waals surface area contributed by atoms with Gasteiger partial charge >= 0.3 is 5.97 Å². The molecule has 0 radical (unpaired) electrons. The zero-order chi connectivity index (χ0) is 17.1. The Kier molecular flexibility index (Phi) is 4.76. The second kappa shape index (κ2) is 6.97. The van der Waals surface area contributed by atoms with E-state index in [-0.39, 0.29) is 18.5 Å². The Bertz CT molecular complexity index is 751. The van der Waals surface area contributed by atoms with Gasteiger partial charge in [-0.25, -0.2) is 8.78 Å². The average molecular weight is 333 g/mol. The molecule has 2 N–H and O–H groups in total. The van der Waals surface area contributed by atoms with Crippen LogP contribution in [-0.2, 0) is 11.4 Å². The number of aliphatic carboxylic acids is 1. The molecule has 0 spiro atoms. The first kappa shape index (κ1) is 16.4. The van der Waals surface area contributed by atoms with Crippen molar-refractivity contribution >= 4 is 5.97 Å². The quantitative estimate of drug-likeness (QED) is 0.880. The molecule has 0 bridgehead atoms. The lowest BCUT2D eigenvalue weighted by Crippen LogP contribution is -2.32. The van der Waals surface area contributed by atoms with Gasteiger partial charge in [-0.3, -0.25) is 10.1 Å². The zero-order valence-electron chi connectivity index (χ0n) is 12.8. The van der Waals surface area contributed by atoms with E-state index in [0.29, 0.717) is 29.7 Å². The van der Waals surface area contributed by atoms with Crippen LogP contribution in [0.15, 0.2) is 42.5 Å². The molecule has 0 saturated carbocycles. The van der Waals surface area contributed by atoms with Crippen LogP contribution < -0.4 is 10.1 Å². The first-order valence-electron chi connectivity index (χ1n) is 7.69. The molecule has 4 nitrogen and oxygen atoms in total. The number of hydrogen-bond donors (Lipinski definition) is 2. The lowest BCUT2D eigenvalue weighted by atomic mass is 10.0. The van der Waals surface area contributed by atoms with E-state index in [4.69, 9.17) is 9.84 Å². The molecule has 1 heterocycles. The number of hydrogen-bond acceptors (Lipinski definition) is 3. The molecule has 0 amide bonds. The summed E-state index contributed by atoms with van der Waals surface area (Å²) >= 11 is 0. The van der Waals surface area contributed by atoms with Crippen LogP contribution in [0, 0.1) is 11.6 Å². The molecular weight excluding hydrogens is 316 g/mol. The number of ether oxygens (including phenoxy) is 1. The molecule has 24 heavy (non-hydrogen) atoms. The molecule has 126 valence electrons. The Labute approximate surface area is 138 Å². The fourth-order valence-corrected chi connectivity index (χ4v) is 2.84. The summed E-state index contributed by atoms with van der Waals surface area (Å²) in [6.07, 6.45) is 1.02. The summed E-state index contributed by atoms with van der Waals surface area (Å²) in [5.74, 6) is -1.47. The largest absolute Gasteiger partial charge is 0.489 e. The van der Waals surface area contributed by atoms with Crippen molar-refractivity contribution in [3.05, 3.63) is 65.2 Å². The van der Waals surface area contributed by atoms with Gasteiger partial charge in [0.15, 0.2) is 0 Å². The summed E-state index contributed by atoms with van der Waals surface area (Å²) in [7, 11) is 0. The average Bonchev–Trinajstić information content (AvgIpc) is 3.04. The normalized spacial score (nSPS) is 20.1. The van der Waals surface area contributed by atoms with Crippen LogP contribution in [0.1, 0.15) is 30.0 Å². The van der Waals surface area contributed by atoms with Gasteiger partial charge in [-0.2, -0.15) is 0 Å². The number of carboxylic acids is 1. The molecule has 0 aromatic heterocycles. The van der Waals surface area contributed by atoms with Crippen molar-refractivity contribution in [3.8, 4) is 5.75 Å². The van der Waals surface area contributed by atoms with Crippen LogP contribution in [0.25, 0.3) is 0 Å². The minimum Gasteiger partial charge on any atom is -0.489 e. The second-order valence-electron chi connectivity index (χ2n) is 5.75. The summed E-state index contributed by atoms with van der Waals surface area (Å²) in [5.41, 5.74) is 0.806. The van der Waals surface area contributed by atoms with Gasteiger partial charge in [0.25, 0.3) is 0 Å². The fraction of sp³-hybridized carbons (Fsp3) is 0.278. The maximum Gasteiger partial charge on any atom is 0.320 e. The van der Waals surface area contributed by atoms with Crippen LogP contribution in [0.2, 0.25) is 0 Å². The molecular formula is C18H17F2NO3. The molecule has 2 aromatic rings. The molecule has 1 aliphatic rings. The van der Waals surface area contributed by atoms with Crippen molar-refractivity contribution in [2.45, 2.75) is 31.5 Å². The van der Waals surface area contributed by atoms with E-state index in [1.165, 1.54) is 12.1 Å². The van der Waals surface area contributed by atoms with Crippen LogP contribution in [0.3, 0.4) is 0 Å². The Morgan fingerprint density at radius 3 is 2.62 bits per heavy atom. The van der Waals surface area contributed by atoms with Crippen LogP contribution >= 0.6 is 0 Å². The van der Waals surface area contributed by atoms with E-state index in [1.54, 1.807) is 30.3 Å². The van der Waals surface area contributed by atoms with Gasteiger partial charge in [-0.05, 0) is 25.0 Å². The van der Waals surface area contributed by atoms with Gasteiger partial charge in [0.05, 0.1) is 0 Å². The number of halogens is 2.